The number of imidazole rings is 1. The number of nitrogens with one attached hydrogen (secondary N) is 1. The molecular weight excluding hydrogens is 296 g/mol. The summed E-state index contributed by atoms with van der Waals surface area (Å²) in [6.45, 7) is 2.52. The molecular formula is C12H17ClN6O2. The van der Waals surface area contributed by atoms with E-state index < -0.39 is 0 Å². The summed E-state index contributed by atoms with van der Waals surface area (Å²) in [7, 11) is 1.65. The van der Waals surface area contributed by atoms with Gasteiger partial charge in [0.05, 0.1) is 13.2 Å². The number of halogens is 1. The summed E-state index contributed by atoms with van der Waals surface area (Å²) in [6, 6.07) is 0. The van der Waals surface area contributed by atoms with Crippen LogP contribution in [-0.2, 0) is 9.47 Å². The fourth-order valence-electron chi connectivity index (χ4n) is 1.53. The molecule has 0 aromatic carbocycles. The third kappa shape index (κ3) is 5.25. The van der Waals surface area contributed by atoms with Gasteiger partial charge in [0.1, 0.15) is 6.33 Å². The van der Waals surface area contributed by atoms with Crippen LogP contribution in [0.5, 0.6) is 0 Å². The van der Waals surface area contributed by atoms with Crippen LogP contribution in [0.15, 0.2) is 18.7 Å². The van der Waals surface area contributed by atoms with E-state index in [1.54, 1.807) is 30.4 Å². The van der Waals surface area contributed by atoms with Crippen molar-refractivity contribution in [2.75, 3.05) is 38.8 Å². The van der Waals surface area contributed by atoms with Crippen LogP contribution >= 0.6 is 11.6 Å². The molecule has 0 aliphatic carbocycles. The molecule has 1 N–H and O–H groups in total. The van der Waals surface area contributed by atoms with Crippen molar-refractivity contribution in [2.45, 2.75) is 6.42 Å². The standard InChI is InChI=1S/C12H17ClN6O2/c1-20-7-8-21-6-2-3-15-11-16-10(13)17-12(18-11)19-5-4-14-9-19/h4-5,9H,2-3,6-8H2,1H3,(H,15,16,17,18). The van der Waals surface area contributed by atoms with E-state index in [4.69, 9.17) is 21.1 Å². The first-order valence-corrected chi connectivity index (χ1v) is 6.88. The van der Waals surface area contributed by atoms with Crippen molar-refractivity contribution in [3.05, 3.63) is 24.0 Å². The second-order valence-corrected chi connectivity index (χ2v) is 4.42. The normalized spacial score (nSPS) is 10.8. The molecule has 0 spiro atoms. The van der Waals surface area contributed by atoms with Gasteiger partial charge in [-0.15, -0.1) is 0 Å². The Kier molecular flexibility index (Phi) is 6.32. The second-order valence-electron chi connectivity index (χ2n) is 4.08. The molecule has 2 heterocycles. The first-order valence-electron chi connectivity index (χ1n) is 6.50. The first kappa shape index (κ1) is 15.6. The van der Waals surface area contributed by atoms with Gasteiger partial charge in [0.15, 0.2) is 0 Å². The summed E-state index contributed by atoms with van der Waals surface area (Å²) in [5, 5.41) is 3.22. The van der Waals surface area contributed by atoms with Crippen LogP contribution in [0.2, 0.25) is 5.28 Å². The topological polar surface area (TPSA) is 87.0 Å². The Morgan fingerprint density at radius 1 is 1.24 bits per heavy atom. The molecule has 2 rings (SSSR count). The van der Waals surface area contributed by atoms with E-state index in [1.807, 2.05) is 0 Å². The van der Waals surface area contributed by atoms with E-state index in [1.165, 1.54) is 0 Å². The average molecular weight is 313 g/mol. The average Bonchev–Trinajstić information content (AvgIpc) is 3.00. The van der Waals surface area contributed by atoms with Crippen LogP contribution < -0.4 is 5.32 Å². The molecule has 0 aliphatic heterocycles. The summed E-state index contributed by atoms with van der Waals surface area (Å²) >= 11 is 5.89. The molecule has 0 unspecified atom stereocenters. The lowest BCUT2D eigenvalue weighted by molar-refractivity contribution is 0.0705. The number of hydrogen-bond donors (Lipinski definition) is 1. The molecule has 2 aromatic rings. The van der Waals surface area contributed by atoms with Crippen molar-refractivity contribution in [3.8, 4) is 5.95 Å². The van der Waals surface area contributed by atoms with Crippen LogP contribution in [0.25, 0.3) is 5.95 Å². The molecule has 0 aliphatic rings. The van der Waals surface area contributed by atoms with Gasteiger partial charge >= 0.3 is 0 Å². The van der Waals surface area contributed by atoms with Gasteiger partial charge in [0.25, 0.3) is 0 Å². The van der Waals surface area contributed by atoms with Crippen LogP contribution in [0, 0.1) is 0 Å². The van der Waals surface area contributed by atoms with Crippen molar-refractivity contribution in [1.82, 2.24) is 24.5 Å². The highest BCUT2D eigenvalue weighted by Crippen LogP contribution is 2.09. The Labute approximate surface area is 127 Å². The number of rotatable bonds is 9. The van der Waals surface area contributed by atoms with Gasteiger partial charge in [-0.1, -0.05) is 0 Å². The minimum absolute atomic E-state index is 0.132. The van der Waals surface area contributed by atoms with Gasteiger partial charge in [0.2, 0.25) is 17.2 Å². The number of hydrogen-bond acceptors (Lipinski definition) is 7. The minimum Gasteiger partial charge on any atom is -0.382 e. The largest absolute Gasteiger partial charge is 0.382 e. The summed E-state index contributed by atoms with van der Waals surface area (Å²) in [5.41, 5.74) is 0. The summed E-state index contributed by atoms with van der Waals surface area (Å²) < 4.78 is 11.9. The minimum atomic E-state index is 0.132. The molecule has 114 valence electrons. The molecule has 0 fully saturated rings. The molecule has 0 radical (unpaired) electrons. The highest BCUT2D eigenvalue weighted by Gasteiger charge is 2.06. The van der Waals surface area contributed by atoms with Gasteiger partial charge in [-0.2, -0.15) is 15.0 Å². The van der Waals surface area contributed by atoms with Gasteiger partial charge in [-0.3, -0.25) is 4.57 Å². The van der Waals surface area contributed by atoms with E-state index in [2.05, 4.69) is 25.3 Å². The Bertz CT molecular complexity index is 537. The molecule has 0 saturated carbocycles. The van der Waals surface area contributed by atoms with Crippen molar-refractivity contribution in [3.63, 3.8) is 0 Å². The van der Waals surface area contributed by atoms with Gasteiger partial charge < -0.3 is 14.8 Å². The summed E-state index contributed by atoms with van der Waals surface area (Å²) in [6.07, 6.45) is 5.80. The lowest BCUT2D eigenvalue weighted by Gasteiger charge is -2.07. The Morgan fingerprint density at radius 3 is 2.90 bits per heavy atom. The van der Waals surface area contributed by atoms with E-state index in [0.717, 1.165) is 6.42 Å². The molecule has 0 saturated heterocycles. The Hall–Kier alpha value is -1.77. The highest BCUT2D eigenvalue weighted by atomic mass is 35.5. The van der Waals surface area contributed by atoms with Crippen molar-refractivity contribution in [2.24, 2.45) is 0 Å². The molecule has 21 heavy (non-hydrogen) atoms. The maximum absolute atomic E-state index is 5.89. The van der Waals surface area contributed by atoms with E-state index in [0.29, 0.717) is 38.3 Å². The number of ether oxygens (including phenoxy) is 2. The Balaban J connectivity index is 1.81. The smallest absolute Gasteiger partial charge is 0.241 e. The fourth-order valence-corrected chi connectivity index (χ4v) is 1.69. The second kappa shape index (κ2) is 8.50. The molecule has 9 heteroatoms. The first-order chi connectivity index (χ1) is 10.3. The van der Waals surface area contributed by atoms with Gasteiger partial charge in [-0.05, 0) is 18.0 Å². The van der Waals surface area contributed by atoms with Gasteiger partial charge in [0, 0.05) is 32.7 Å². The quantitative estimate of drug-likeness (QED) is 0.695. The maximum Gasteiger partial charge on any atom is 0.241 e. The zero-order chi connectivity index (χ0) is 14.9. The summed E-state index contributed by atoms with van der Waals surface area (Å²) in [5.74, 6) is 0.849. The number of aromatic nitrogens is 5. The fraction of sp³-hybridized carbons (Fsp3) is 0.500. The maximum atomic E-state index is 5.89. The molecule has 0 amide bonds. The van der Waals surface area contributed by atoms with Crippen molar-refractivity contribution >= 4 is 17.5 Å². The van der Waals surface area contributed by atoms with E-state index in [-0.39, 0.29) is 5.28 Å². The molecule has 0 bridgehead atoms. The predicted molar refractivity (Wildman–Crippen MR) is 77.8 cm³/mol. The van der Waals surface area contributed by atoms with E-state index in [9.17, 15) is 0 Å². The molecule has 2 aromatic heterocycles. The number of nitrogens with zero attached hydrogens (tertiary/aromatic N) is 5. The van der Waals surface area contributed by atoms with Crippen LogP contribution in [0.4, 0.5) is 5.95 Å². The van der Waals surface area contributed by atoms with Gasteiger partial charge in [-0.25, -0.2) is 4.98 Å². The third-order valence-corrected chi connectivity index (χ3v) is 2.68. The lowest BCUT2D eigenvalue weighted by atomic mass is 10.4. The molecule has 0 atom stereocenters. The zero-order valence-corrected chi connectivity index (χ0v) is 12.5. The monoisotopic (exact) mass is 312 g/mol. The van der Waals surface area contributed by atoms with Crippen molar-refractivity contribution in [1.29, 1.82) is 0 Å². The van der Waals surface area contributed by atoms with Crippen LogP contribution in [0.3, 0.4) is 0 Å². The third-order valence-electron chi connectivity index (χ3n) is 2.51. The van der Waals surface area contributed by atoms with Crippen molar-refractivity contribution < 1.29 is 9.47 Å². The lowest BCUT2D eigenvalue weighted by Crippen LogP contribution is -2.12. The van der Waals surface area contributed by atoms with Crippen LogP contribution in [-0.4, -0.2) is 58.0 Å². The zero-order valence-electron chi connectivity index (χ0n) is 11.7. The highest BCUT2D eigenvalue weighted by molar-refractivity contribution is 6.28. The Morgan fingerprint density at radius 2 is 2.14 bits per heavy atom. The molecule has 8 nitrogen and oxygen atoms in total. The number of methoxy groups -OCH3 is 1. The number of anilines is 1. The van der Waals surface area contributed by atoms with Crippen LogP contribution in [0.1, 0.15) is 6.42 Å². The SMILES string of the molecule is COCCOCCCNc1nc(Cl)nc(-n2ccnc2)n1. The predicted octanol–water partition coefficient (Wildman–Crippen LogP) is 1.18. The van der Waals surface area contributed by atoms with E-state index >= 15 is 0 Å². The summed E-state index contributed by atoms with van der Waals surface area (Å²) in [4.78, 5) is 16.3.